The van der Waals surface area contributed by atoms with Gasteiger partial charge in [-0.1, -0.05) is 284 Å². The first kappa shape index (κ1) is 89.9. The molecule has 0 aromatic carbocycles. The first-order chi connectivity index (χ1) is 48.3. The summed E-state index contributed by atoms with van der Waals surface area (Å²) in [7, 11) is 0. The summed E-state index contributed by atoms with van der Waals surface area (Å²) in [6, 6.07) is -0.982. The van der Waals surface area contributed by atoms with Crippen LogP contribution in [0.3, 0.4) is 0 Å². The fourth-order valence-corrected chi connectivity index (χ4v) is 12.6. The lowest BCUT2D eigenvalue weighted by Gasteiger charge is -2.48. The Kier molecular flexibility index (Phi) is 54.5. The van der Waals surface area contributed by atoms with E-state index in [0.717, 1.165) is 103 Å². The number of nitrogens with one attached hydrogen (secondary N) is 1. The molecule has 3 aliphatic heterocycles. The van der Waals surface area contributed by atoms with E-state index in [1.807, 2.05) is 6.08 Å². The highest BCUT2D eigenvalue weighted by molar-refractivity contribution is 5.76. The molecule has 3 saturated heterocycles. The molecule has 12 N–H and O–H groups in total. The summed E-state index contributed by atoms with van der Waals surface area (Å²) >= 11 is 0. The molecule has 0 aliphatic carbocycles. The molecule has 99 heavy (non-hydrogen) atoms. The molecule has 0 aromatic heterocycles. The average molecular weight is 1400 g/mol. The van der Waals surface area contributed by atoms with Crippen molar-refractivity contribution in [1.29, 1.82) is 0 Å². The summed E-state index contributed by atoms with van der Waals surface area (Å²) in [6.45, 7) is 1.64. The van der Waals surface area contributed by atoms with Gasteiger partial charge < -0.3 is 89.9 Å². The second-order valence-electron chi connectivity index (χ2n) is 27.4. The molecule has 1 amide bonds. The van der Waals surface area contributed by atoms with E-state index in [1.165, 1.54) is 141 Å². The van der Waals surface area contributed by atoms with Crippen LogP contribution in [0.25, 0.3) is 0 Å². The zero-order valence-corrected chi connectivity index (χ0v) is 60.9. The minimum absolute atomic E-state index is 0.235. The minimum atomic E-state index is -1.98. The van der Waals surface area contributed by atoms with Gasteiger partial charge in [-0.05, 0) is 77.0 Å². The van der Waals surface area contributed by atoms with E-state index in [1.54, 1.807) is 6.08 Å². The van der Waals surface area contributed by atoms with Gasteiger partial charge in [0.25, 0.3) is 0 Å². The zero-order valence-electron chi connectivity index (χ0n) is 60.9. The lowest BCUT2D eigenvalue weighted by molar-refractivity contribution is -0.379. The van der Waals surface area contributed by atoms with Gasteiger partial charge in [0, 0.05) is 6.42 Å². The summed E-state index contributed by atoms with van der Waals surface area (Å²) < 4.78 is 34.4. The number of hydrogen-bond acceptors (Lipinski definition) is 18. The molecule has 0 radical (unpaired) electrons. The smallest absolute Gasteiger partial charge is 0.220 e. The molecule has 3 rings (SSSR count). The third kappa shape index (κ3) is 40.5. The first-order valence-corrected chi connectivity index (χ1v) is 39.0. The fraction of sp³-hybridized carbons (Fsp3) is 0.787. The maximum atomic E-state index is 13.5. The van der Waals surface area contributed by atoms with Gasteiger partial charge in [0.1, 0.15) is 73.2 Å². The lowest BCUT2D eigenvalue weighted by atomic mass is 9.96. The number of unbranched alkanes of at least 4 members (excludes halogenated alkanes) is 30. The molecule has 17 atom stereocenters. The van der Waals surface area contributed by atoms with Crippen LogP contribution in [0, 0.1) is 0 Å². The predicted octanol–water partition coefficient (Wildman–Crippen LogP) is 12.4. The lowest BCUT2D eigenvalue weighted by Crippen LogP contribution is -2.66. The summed E-state index contributed by atoms with van der Waals surface area (Å²) in [6.07, 6.45) is 53.7. The van der Waals surface area contributed by atoms with Crippen LogP contribution in [0.1, 0.15) is 271 Å². The van der Waals surface area contributed by atoms with Crippen molar-refractivity contribution in [3.05, 3.63) is 97.2 Å². The number of hydrogen-bond donors (Lipinski definition) is 12. The number of allylic oxidation sites excluding steroid dienone is 15. The molecule has 17 unspecified atom stereocenters. The molecular formula is C80H139NO18. The topological polar surface area (TPSA) is 307 Å². The number of carbonyl (C=O) groups is 1. The van der Waals surface area contributed by atoms with Gasteiger partial charge in [-0.2, -0.15) is 0 Å². The highest BCUT2D eigenvalue weighted by Crippen LogP contribution is 2.33. The Morgan fingerprint density at radius 1 is 0.374 bits per heavy atom. The van der Waals surface area contributed by atoms with Gasteiger partial charge in [0.15, 0.2) is 18.9 Å². The second kappa shape index (κ2) is 60.0. The van der Waals surface area contributed by atoms with Crippen LogP contribution < -0.4 is 5.32 Å². The zero-order chi connectivity index (χ0) is 71.8. The van der Waals surface area contributed by atoms with Gasteiger partial charge in [0.05, 0.1) is 38.6 Å². The maximum absolute atomic E-state index is 13.5. The van der Waals surface area contributed by atoms with E-state index in [4.69, 9.17) is 28.4 Å². The van der Waals surface area contributed by atoms with Crippen molar-refractivity contribution in [2.75, 3.05) is 26.4 Å². The highest BCUT2D eigenvalue weighted by atomic mass is 16.8. The van der Waals surface area contributed by atoms with Crippen molar-refractivity contribution in [1.82, 2.24) is 5.32 Å². The number of ether oxygens (including phenoxy) is 6. The van der Waals surface area contributed by atoms with Gasteiger partial charge in [-0.15, -0.1) is 0 Å². The van der Waals surface area contributed by atoms with Crippen molar-refractivity contribution >= 4 is 5.91 Å². The van der Waals surface area contributed by atoms with Gasteiger partial charge in [-0.3, -0.25) is 4.79 Å². The number of aliphatic hydroxyl groups excluding tert-OH is 11. The van der Waals surface area contributed by atoms with E-state index in [2.05, 4.69) is 104 Å². The molecule has 19 nitrogen and oxygen atoms in total. The molecule has 3 heterocycles. The average Bonchev–Trinajstić information content (AvgIpc) is 0.761. The number of amides is 1. The molecule has 572 valence electrons. The molecule has 19 heteroatoms. The summed E-state index contributed by atoms with van der Waals surface area (Å²) in [5.74, 6) is -0.280. The first-order valence-electron chi connectivity index (χ1n) is 39.0. The normalized spacial score (nSPS) is 27.1. The monoisotopic (exact) mass is 1400 g/mol. The summed E-state index contributed by atoms with van der Waals surface area (Å²) in [5, 5.41) is 121. The number of carbonyl (C=O) groups excluding carboxylic acids is 1. The molecule has 0 saturated carbocycles. The van der Waals surface area contributed by atoms with E-state index < -0.39 is 124 Å². The van der Waals surface area contributed by atoms with E-state index in [9.17, 15) is 61.0 Å². The van der Waals surface area contributed by atoms with Crippen LogP contribution in [0.15, 0.2) is 97.2 Å². The second-order valence-corrected chi connectivity index (χ2v) is 27.4. The van der Waals surface area contributed by atoms with Gasteiger partial charge in [0.2, 0.25) is 5.91 Å². The van der Waals surface area contributed by atoms with Crippen molar-refractivity contribution in [3.63, 3.8) is 0 Å². The quantitative estimate of drug-likeness (QED) is 0.0199. The van der Waals surface area contributed by atoms with E-state index in [0.29, 0.717) is 6.42 Å². The van der Waals surface area contributed by atoms with Crippen LogP contribution in [0.4, 0.5) is 0 Å². The Morgan fingerprint density at radius 3 is 1.09 bits per heavy atom. The van der Waals surface area contributed by atoms with Crippen molar-refractivity contribution in [2.45, 2.75) is 375 Å². The van der Waals surface area contributed by atoms with Gasteiger partial charge >= 0.3 is 0 Å². The highest BCUT2D eigenvalue weighted by Gasteiger charge is 2.53. The molecule has 0 bridgehead atoms. The van der Waals surface area contributed by atoms with Crippen molar-refractivity contribution in [3.8, 4) is 0 Å². The molecular weight excluding hydrogens is 1260 g/mol. The van der Waals surface area contributed by atoms with Crippen molar-refractivity contribution < 1.29 is 89.4 Å². The van der Waals surface area contributed by atoms with Crippen LogP contribution in [0.2, 0.25) is 0 Å². The Hall–Kier alpha value is -3.29. The SMILES string of the molecule is CC/C=C\C/C=C\C/C=C\C/C=C\C/C=C\C/C=C\C/C=C\CCCCCCCCCCCCCC(=O)NC(COC1OC(CO)C(OC2OC(CO)C(OC3OC(CO)C(O)C(O)C3O)C(O)C2O)C(O)C1O)C(O)/C=C/CCCCCCCCCCCCCCCCCCCCC. The van der Waals surface area contributed by atoms with E-state index >= 15 is 0 Å². The fourth-order valence-electron chi connectivity index (χ4n) is 12.6. The molecule has 0 aromatic rings. The van der Waals surface area contributed by atoms with Crippen LogP contribution >= 0.6 is 0 Å². The summed E-state index contributed by atoms with van der Waals surface area (Å²) in [4.78, 5) is 13.5. The van der Waals surface area contributed by atoms with E-state index in [-0.39, 0.29) is 18.9 Å². The Bertz CT molecular complexity index is 2170. The Morgan fingerprint density at radius 2 is 0.697 bits per heavy atom. The molecule has 3 aliphatic rings. The Labute approximate surface area is 596 Å². The largest absolute Gasteiger partial charge is 0.394 e. The third-order valence-corrected chi connectivity index (χ3v) is 18.9. The predicted molar refractivity (Wildman–Crippen MR) is 392 cm³/mol. The van der Waals surface area contributed by atoms with Crippen LogP contribution in [0.5, 0.6) is 0 Å². The number of aliphatic hydroxyl groups is 11. The molecule has 3 fully saturated rings. The number of rotatable bonds is 60. The Balaban J connectivity index is 1.38. The minimum Gasteiger partial charge on any atom is -0.394 e. The van der Waals surface area contributed by atoms with Crippen molar-refractivity contribution in [2.24, 2.45) is 0 Å². The molecule has 0 spiro atoms. The third-order valence-electron chi connectivity index (χ3n) is 18.9. The van der Waals surface area contributed by atoms with Crippen LogP contribution in [-0.4, -0.2) is 193 Å². The standard InChI is InChI=1S/C80H139NO18/c1-3-5-7-9-11-13-15-17-19-21-23-25-26-27-28-29-30-31-32-33-34-35-36-38-40-42-44-46-48-50-52-54-56-58-68(86)81-63(64(85)57-55-53-51-49-47-45-43-41-39-37-24-22-20-18-16-14-12-10-8-6-4-2)62-94-78-74(92)71(89)76(66(60-83)96-78)99-80-75(93)72(90)77(67(61-84)97-80)98-79-73(91)70(88)69(87)65(59-82)95-79/h5,7,11,13,17,19,23,25,27-28,30-31,33-34,55,57,63-67,69-80,82-85,87-93H,3-4,6,8-10,12,14-16,18,20-22,24,26,29,32,35-54,56,58-62H2,1-2H3,(H,81,86)/b7-5-,13-11-,19-17-,25-23-,28-27-,31-30-,34-33-,57-55+. The summed E-state index contributed by atoms with van der Waals surface area (Å²) in [5.41, 5.74) is 0. The maximum Gasteiger partial charge on any atom is 0.220 e. The van der Waals surface area contributed by atoms with Gasteiger partial charge in [-0.25, -0.2) is 0 Å². The van der Waals surface area contributed by atoms with Crippen LogP contribution in [-0.2, 0) is 33.2 Å².